The van der Waals surface area contributed by atoms with Gasteiger partial charge in [0.05, 0.1) is 12.6 Å². The summed E-state index contributed by atoms with van der Waals surface area (Å²) in [6.07, 6.45) is 5.75. The zero-order valence-electron chi connectivity index (χ0n) is 15.2. The van der Waals surface area contributed by atoms with E-state index in [1.807, 2.05) is 13.1 Å². The summed E-state index contributed by atoms with van der Waals surface area (Å²) in [4.78, 5) is 21.0. The highest BCUT2D eigenvalue weighted by Crippen LogP contribution is 2.23. The van der Waals surface area contributed by atoms with Gasteiger partial charge in [-0.1, -0.05) is 19.1 Å². The minimum atomic E-state index is -0.341. The zero-order valence-corrected chi connectivity index (χ0v) is 15.2. The predicted octanol–water partition coefficient (Wildman–Crippen LogP) is 2.79. The van der Waals surface area contributed by atoms with E-state index in [1.54, 1.807) is 42.2 Å². The van der Waals surface area contributed by atoms with Crippen LogP contribution >= 0.6 is 0 Å². The molecule has 0 bridgehead atoms. The van der Waals surface area contributed by atoms with Gasteiger partial charge in [0, 0.05) is 42.3 Å². The Bertz CT molecular complexity index is 933. The van der Waals surface area contributed by atoms with Gasteiger partial charge in [-0.15, -0.1) is 0 Å². The average Bonchev–Trinajstić information content (AvgIpc) is 3.08. The van der Waals surface area contributed by atoms with E-state index in [4.69, 9.17) is 0 Å². The first-order valence-corrected chi connectivity index (χ1v) is 8.68. The van der Waals surface area contributed by atoms with Crippen LogP contribution < -0.4 is 5.32 Å². The first-order valence-electron chi connectivity index (χ1n) is 8.68. The normalized spacial score (nSPS) is 12.0. The molecular weight excluding hydrogens is 347 g/mol. The number of benzene rings is 1. The van der Waals surface area contributed by atoms with E-state index in [0.717, 1.165) is 11.1 Å². The molecule has 1 amide bonds. The second-order valence-corrected chi connectivity index (χ2v) is 6.29. The molecule has 0 saturated carbocycles. The molecule has 2 N–H and O–H groups in total. The molecule has 3 rings (SSSR count). The average molecular weight is 368 g/mol. The van der Waals surface area contributed by atoms with Crippen molar-refractivity contribution in [3.05, 3.63) is 60.4 Å². The van der Waals surface area contributed by atoms with Crippen LogP contribution in [0.1, 0.15) is 23.8 Å². The molecule has 0 unspecified atom stereocenters. The minimum Gasteiger partial charge on any atom is -0.394 e. The van der Waals surface area contributed by atoms with Gasteiger partial charge in [-0.3, -0.25) is 4.79 Å². The number of aliphatic hydroxyl groups is 1. The summed E-state index contributed by atoms with van der Waals surface area (Å²) in [5, 5.41) is 12.0. The standard InChI is InChI=1S/C20H21FN4O2/c1-3-17(12-26)24-20(27)18-8-14(11-25(18)2)15-9-22-19(23-10-15)13-5-4-6-16(21)7-13/h4-11,17,26H,3,12H2,1-2H3,(H,24,27)/t17-/m1/s1. The highest BCUT2D eigenvalue weighted by Gasteiger charge is 2.16. The molecule has 3 aromatic rings. The Morgan fingerprint density at radius 3 is 2.59 bits per heavy atom. The molecular formula is C20H21FN4O2. The number of aliphatic hydroxyl groups excluding tert-OH is 1. The maximum absolute atomic E-state index is 13.3. The number of nitrogens with zero attached hydrogens (tertiary/aromatic N) is 3. The van der Waals surface area contributed by atoms with Crippen LogP contribution in [0, 0.1) is 5.82 Å². The number of amides is 1. The third-order valence-corrected chi connectivity index (χ3v) is 4.35. The van der Waals surface area contributed by atoms with E-state index < -0.39 is 0 Å². The van der Waals surface area contributed by atoms with Crippen LogP contribution in [0.2, 0.25) is 0 Å². The summed E-state index contributed by atoms with van der Waals surface area (Å²) < 4.78 is 15.1. The number of nitrogens with one attached hydrogen (secondary N) is 1. The van der Waals surface area contributed by atoms with Crippen LogP contribution in [0.3, 0.4) is 0 Å². The molecule has 0 spiro atoms. The number of aromatic nitrogens is 3. The molecule has 140 valence electrons. The van der Waals surface area contributed by atoms with Crippen LogP contribution in [0.25, 0.3) is 22.5 Å². The Hall–Kier alpha value is -3.06. The van der Waals surface area contributed by atoms with Gasteiger partial charge in [0.25, 0.3) is 5.91 Å². The maximum Gasteiger partial charge on any atom is 0.268 e. The molecule has 0 aliphatic heterocycles. The summed E-state index contributed by atoms with van der Waals surface area (Å²) in [5.41, 5.74) is 2.62. The first kappa shape index (κ1) is 18.7. The lowest BCUT2D eigenvalue weighted by Gasteiger charge is -2.13. The lowest BCUT2D eigenvalue weighted by Crippen LogP contribution is -2.37. The number of carbonyl (C=O) groups excluding carboxylic acids is 1. The van der Waals surface area contributed by atoms with E-state index in [-0.39, 0.29) is 24.4 Å². The van der Waals surface area contributed by atoms with Gasteiger partial charge in [-0.25, -0.2) is 14.4 Å². The number of hydrogen-bond donors (Lipinski definition) is 2. The molecule has 6 nitrogen and oxygen atoms in total. The molecule has 1 aromatic carbocycles. The van der Waals surface area contributed by atoms with Crippen molar-refractivity contribution in [3.63, 3.8) is 0 Å². The third-order valence-electron chi connectivity index (χ3n) is 4.35. The summed E-state index contributed by atoms with van der Waals surface area (Å²) in [7, 11) is 1.78. The zero-order chi connectivity index (χ0) is 19.4. The van der Waals surface area contributed by atoms with Crippen molar-refractivity contribution in [1.82, 2.24) is 19.9 Å². The van der Waals surface area contributed by atoms with Crippen LogP contribution in [0.15, 0.2) is 48.9 Å². The highest BCUT2D eigenvalue weighted by molar-refractivity contribution is 5.94. The fourth-order valence-electron chi connectivity index (χ4n) is 2.74. The molecule has 0 saturated heterocycles. The van der Waals surface area contributed by atoms with E-state index in [0.29, 0.717) is 23.5 Å². The molecule has 0 aliphatic carbocycles. The van der Waals surface area contributed by atoms with E-state index in [2.05, 4.69) is 15.3 Å². The fourth-order valence-corrected chi connectivity index (χ4v) is 2.74. The Labute approximate surface area is 156 Å². The SMILES string of the molecule is CC[C@H](CO)NC(=O)c1cc(-c2cnc(-c3cccc(F)c3)nc2)cn1C. The van der Waals surface area contributed by atoms with Crippen LogP contribution in [-0.2, 0) is 7.05 Å². The first-order chi connectivity index (χ1) is 13.0. The van der Waals surface area contributed by atoms with Gasteiger partial charge in [-0.05, 0) is 24.6 Å². The van der Waals surface area contributed by atoms with E-state index in [1.165, 1.54) is 12.1 Å². The Morgan fingerprint density at radius 2 is 1.96 bits per heavy atom. The topological polar surface area (TPSA) is 80.0 Å². The summed E-state index contributed by atoms with van der Waals surface area (Å²) in [6.45, 7) is 1.80. The lowest BCUT2D eigenvalue weighted by atomic mass is 10.1. The van der Waals surface area contributed by atoms with Crippen molar-refractivity contribution >= 4 is 5.91 Å². The van der Waals surface area contributed by atoms with Crippen LogP contribution in [0.4, 0.5) is 4.39 Å². The Kier molecular flexibility index (Phi) is 5.61. The number of aryl methyl sites for hydroxylation is 1. The maximum atomic E-state index is 13.3. The summed E-state index contributed by atoms with van der Waals surface area (Å²) in [6, 6.07) is 7.58. The van der Waals surface area contributed by atoms with Crippen molar-refractivity contribution in [2.75, 3.05) is 6.61 Å². The van der Waals surface area contributed by atoms with E-state index in [9.17, 15) is 14.3 Å². The minimum absolute atomic E-state index is 0.102. The number of halogens is 1. The second kappa shape index (κ2) is 8.09. The Morgan fingerprint density at radius 1 is 1.22 bits per heavy atom. The van der Waals surface area contributed by atoms with Crippen LogP contribution in [-0.4, -0.2) is 38.2 Å². The summed E-state index contributed by atoms with van der Waals surface area (Å²) in [5.74, 6) is -0.157. The molecule has 1 atom stereocenters. The number of rotatable bonds is 6. The molecule has 2 heterocycles. The summed E-state index contributed by atoms with van der Waals surface area (Å²) >= 11 is 0. The van der Waals surface area contributed by atoms with Crippen molar-refractivity contribution in [2.45, 2.75) is 19.4 Å². The van der Waals surface area contributed by atoms with Crippen molar-refractivity contribution in [2.24, 2.45) is 7.05 Å². The predicted molar refractivity (Wildman–Crippen MR) is 100 cm³/mol. The molecule has 0 fully saturated rings. The second-order valence-electron chi connectivity index (χ2n) is 6.29. The van der Waals surface area contributed by atoms with Gasteiger partial charge >= 0.3 is 0 Å². The number of hydrogen-bond acceptors (Lipinski definition) is 4. The van der Waals surface area contributed by atoms with Crippen molar-refractivity contribution < 1.29 is 14.3 Å². The van der Waals surface area contributed by atoms with Crippen LogP contribution in [0.5, 0.6) is 0 Å². The fraction of sp³-hybridized carbons (Fsp3) is 0.250. The van der Waals surface area contributed by atoms with Crippen molar-refractivity contribution in [3.8, 4) is 22.5 Å². The van der Waals surface area contributed by atoms with Gasteiger partial charge < -0.3 is 15.0 Å². The highest BCUT2D eigenvalue weighted by atomic mass is 19.1. The quantitative estimate of drug-likeness (QED) is 0.701. The van der Waals surface area contributed by atoms with Gasteiger partial charge in [0.1, 0.15) is 11.5 Å². The molecule has 7 heteroatoms. The monoisotopic (exact) mass is 368 g/mol. The largest absolute Gasteiger partial charge is 0.394 e. The molecule has 27 heavy (non-hydrogen) atoms. The van der Waals surface area contributed by atoms with Gasteiger partial charge in [0.15, 0.2) is 5.82 Å². The Balaban J connectivity index is 1.82. The van der Waals surface area contributed by atoms with Crippen molar-refractivity contribution in [1.29, 1.82) is 0 Å². The van der Waals surface area contributed by atoms with Gasteiger partial charge in [0.2, 0.25) is 0 Å². The molecule has 0 radical (unpaired) electrons. The number of carbonyl (C=O) groups is 1. The third kappa shape index (κ3) is 4.20. The molecule has 0 aliphatic rings. The van der Waals surface area contributed by atoms with E-state index >= 15 is 0 Å². The smallest absolute Gasteiger partial charge is 0.268 e. The van der Waals surface area contributed by atoms with Gasteiger partial charge in [-0.2, -0.15) is 0 Å². The molecule has 2 aromatic heterocycles. The lowest BCUT2D eigenvalue weighted by molar-refractivity contribution is 0.0906.